The Morgan fingerprint density at radius 3 is 2.40 bits per heavy atom. The number of hydrogen-bond donors (Lipinski definition) is 1. The van der Waals surface area contributed by atoms with Crippen molar-refractivity contribution in [1.29, 1.82) is 0 Å². The summed E-state index contributed by atoms with van der Waals surface area (Å²) in [5.41, 5.74) is 3.13. The van der Waals surface area contributed by atoms with Crippen LogP contribution in [0.15, 0.2) is 36.5 Å². The van der Waals surface area contributed by atoms with E-state index in [1.54, 1.807) is 14.2 Å². The van der Waals surface area contributed by atoms with Gasteiger partial charge >= 0.3 is 0 Å². The number of ether oxygens (including phenoxy) is 2. The second-order valence-corrected chi connectivity index (χ2v) is 4.67. The largest absolute Gasteiger partial charge is 0.493 e. The topological polar surface area (TPSA) is 43.4 Å². The quantitative estimate of drug-likeness (QED) is 0.903. The Morgan fingerprint density at radius 2 is 1.80 bits per heavy atom. The van der Waals surface area contributed by atoms with E-state index in [-0.39, 0.29) is 6.04 Å². The highest BCUT2D eigenvalue weighted by Gasteiger charge is 2.10. The summed E-state index contributed by atoms with van der Waals surface area (Å²) < 4.78 is 10.6. The highest BCUT2D eigenvalue weighted by Crippen LogP contribution is 2.30. The van der Waals surface area contributed by atoms with Gasteiger partial charge in [-0.15, -0.1) is 0 Å². The highest BCUT2D eigenvalue weighted by molar-refractivity contribution is 5.47. The van der Waals surface area contributed by atoms with Crippen LogP contribution in [-0.2, 0) is 0 Å². The number of aryl methyl sites for hydroxylation is 1. The highest BCUT2D eigenvalue weighted by atomic mass is 16.5. The fourth-order valence-corrected chi connectivity index (χ4v) is 2.01. The Labute approximate surface area is 119 Å². The molecule has 0 aliphatic heterocycles. The second-order valence-electron chi connectivity index (χ2n) is 4.67. The van der Waals surface area contributed by atoms with Gasteiger partial charge in [0.15, 0.2) is 11.5 Å². The Balaban J connectivity index is 2.16. The van der Waals surface area contributed by atoms with Gasteiger partial charge in [-0.05, 0) is 43.7 Å². The molecule has 2 rings (SSSR count). The number of nitrogens with zero attached hydrogens (tertiary/aromatic N) is 1. The minimum Gasteiger partial charge on any atom is -0.493 e. The molecule has 0 amide bonds. The van der Waals surface area contributed by atoms with E-state index in [2.05, 4.69) is 17.2 Å². The molecule has 1 unspecified atom stereocenters. The van der Waals surface area contributed by atoms with Crippen molar-refractivity contribution in [3.05, 3.63) is 47.8 Å². The van der Waals surface area contributed by atoms with Crippen LogP contribution in [0.3, 0.4) is 0 Å². The van der Waals surface area contributed by atoms with E-state index in [0.29, 0.717) is 0 Å². The Hall–Kier alpha value is -2.23. The molecule has 4 heteroatoms. The maximum Gasteiger partial charge on any atom is 0.161 e. The first kappa shape index (κ1) is 14.2. The minimum atomic E-state index is 0.152. The third-order valence-corrected chi connectivity index (χ3v) is 3.20. The zero-order chi connectivity index (χ0) is 14.5. The summed E-state index contributed by atoms with van der Waals surface area (Å²) in [7, 11) is 3.28. The molecule has 0 saturated heterocycles. The molecule has 2 aromatic rings. The Kier molecular flexibility index (Phi) is 4.45. The summed E-state index contributed by atoms with van der Waals surface area (Å²) in [5, 5.41) is 3.42. The molecule has 20 heavy (non-hydrogen) atoms. The van der Waals surface area contributed by atoms with Crippen molar-refractivity contribution < 1.29 is 9.47 Å². The lowest BCUT2D eigenvalue weighted by Gasteiger charge is -2.17. The first-order chi connectivity index (χ1) is 9.63. The number of aromatic nitrogens is 1. The standard InChI is InChI=1S/C16H20N2O2/c1-11-5-7-14(10-17-11)18-12(2)13-6-8-15(19-3)16(9-13)20-4/h5-10,12,18H,1-4H3. The van der Waals surface area contributed by atoms with Crippen molar-refractivity contribution in [3.8, 4) is 11.5 Å². The van der Waals surface area contributed by atoms with Gasteiger partial charge in [-0.2, -0.15) is 0 Å². The molecule has 0 spiro atoms. The number of hydrogen-bond acceptors (Lipinski definition) is 4. The zero-order valence-electron chi connectivity index (χ0n) is 12.3. The van der Waals surface area contributed by atoms with Gasteiger partial charge < -0.3 is 14.8 Å². The number of rotatable bonds is 5. The molecule has 4 nitrogen and oxygen atoms in total. The van der Waals surface area contributed by atoms with Crippen LogP contribution >= 0.6 is 0 Å². The molecule has 0 fully saturated rings. The monoisotopic (exact) mass is 272 g/mol. The van der Waals surface area contributed by atoms with Gasteiger partial charge in [0.25, 0.3) is 0 Å². The molecule has 106 valence electrons. The number of methoxy groups -OCH3 is 2. The van der Waals surface area contributed by atoms with Crippen LogP contribution in [0.4, 0.5) is 5.69 Å². The van der Waals surface area contributed by atoms with Crippen LogP contribution in [0, 0.1) is 6.92 Å². The molecule has 0 radical (unpaired) electrons. The fraction of sp³-hybridized carbons (Fsp3) is 0.312. The average molecular weight is 272 g/mol. The van der Waals surface area contributed by atoms with Crippen molar-refractivity contribution in [3.63, 3.8) is 0 Å². The minimum absolute atomic E-state index is 0.152. The predicted molar refractivity (Wildman–Crippen MR) is 80.6 cm³/mol. The van der Waals surface area contributed by atoms with Crippen molar-refractivity contribution in [1.82, 2.24) is 4.98 Å². The second kappa shape index (κ2) is 6.28. The van der Waals surface area contributed by atoms with Gasteiger partial charge in [-0.25, -0.2) is 0 Å². The number of nitrogens with one attached hydrogen (secondary N) is 1. The molecule has 0 saturated carbocycles. The van der Waals surface area contributed by atoms with Gasteiger partial charge in [-0.1, -0.05) is 6.07 Å². The lowest BCUT2D eigenvalue weighted by Crippen LogP contribution is -2.07. The number of anilines is 1. The van der Waals surface area contributed by atoms with Crippen LogP contribution in [0.25, 0.3) is 0 Å². The molecular weight excluding hydrogens is 252 g/mol. The molecule has 0 aliphatic carbocycles. The van der Waals surface area contributed by atoms with Crippen molar-refractivity contribution in [2.75, 3.05) is 19.5 Å². The third-order valence-electron chi connectivity index (χ3n) is 3.20. The summed E-state index contributed by atoms with van der Waals surface area (Å²) in [6, 6.07) is 10.1. The maximum absolute atomic E-state index is 5.33. The van der Waals surface area contributed by atoms with E-state index in [4.69, 9.17) is 9.47 Å². The number of benzene rings is 1. The normalized spacial score (nSPS) is 11.8. The summed E-state index contributed by atoms with van der Waals surface area (Å²) in [6.07, 6.45) is 1.84. The van der Waals surface area contributed by atoms with E-state index >= 15 is 0 Å². The van der Waals surface area contributed by atoms with Crippen LogP contribution in [0.1, 0.15) is 24.2 Å². The van der Waals surface area contributed by atoms with Gasteiger partial charge in [0.2, 0.25) is 0 Å². The lowest BCUT2D eigenvalue weighted by molar-refractivity contribution is 0.354. The van der Waals surface area contributed by atoms with Crippen molar-refractivity contribution >= 4 is 5.69 Å². The molecule has 1 atom stereocenters. The van der Waals surface area contributed by atoms with E-state index in [9.17, 15) is 0 Å². The first-order valence-corrected chi connectivity index (χ1v) is 6.55. The van der Waals surface area contributed by atoms with Crippen LogP contribution in [-0.4, -0.2) is 19.2 Å². The van der Waals surface area contributed by atoms with E-state index in [1.807, 2.05) is 43.5 Å². The van der Waals surface area contributed by atoms with E-state index in [1.165, 1.54) is 0 Å². The van der Waals surface area contributed by atoms with E-state index < -0.39 is 0 Å². The first-order valence-electron chi connectivity index (χ1n) is 6.55. The smallest absolute Gasteiger partial charge is 0.161 e. The zero-order valence-corrected chi connectivity index (χ0v) is 12.3. The Bertz CT molecular complexity index is 567. The summed E-state index contributed by atoms with van der Waals surface area (Å²) >= 11 is 0. The maximum atomic E-state index is 5.33. The van der Waals surface area contributed by atoms with Gasteiger partial charge in [0, 0.05) is 11.7 Å². The summed E-state index contributed by atoms with van der Waals surface area (Å²) in [4.78, 5) is 4.28. The fourth-order valence-electron chi connectivity index (χ4n) is 2.01. The van der Waals surface area contributed by atoms with Crippen molar-refractivity contribution in [2.24, 2.45) is 0 Å². The van der Waals surface area contributed by atoms with E-state index in [0.717, 1.165) is 28.4 Å². The summed E-state index contributed by atoms with van der Waals surface area (Å²) in [6.45, 7) is 4.07. The Morgan fingerprint density at radius 1 is 1.05 bits per heavy atom. The molecule has 1 aromatic carbocycles. The predicted octanol–water partition coefficient (Wildman–Crippen LogP) is 3.58. The molecule has 1 aromatic heterocycles. The molecule has 0 aliphatic rings. The van der Waals surface area contributed by atoms with Gasteiger partial charge in [0.1, 0.15) is 0 Å². The number of pyridine rings is 1. The van der Waals surface area contributed by atoms with Gasteiger partial charge in [0.05, 0.1) is 26.1 Å². The van der Waals surface area contributed by atoms with Crippen LogP contribution in [0.2, 0.25) is 0 Å². The summed E-state index contributed by atoms with van der Waals surface area (Å²) in [5.74, 6) is 1.47. The third kappa shape index (κ3) is 3.20. The SMILES string of the molecule is COc1ccc(C(C)Nc2ccc(C)nc2)cc1OC. The van der Waals surface area contributed by atoms with Crippen LogP contribution in [0.5, 0.6) is 11.5 Å². The van der Waals surface area contributed by atoms with Gasteiger partial charge in [-0.3, -0.25) is 4.98 Å². The average Bonchev–Trinajstić information content (AvgIpc) is 2.48. The lowest BCUT2D eigenvalue weighted by atomic mass is 10.1. The van der Waals surface area contributed by atoms with Crippen LogP contribution < -0.4 is 14.8 Å². The van der Waals surface area contributed by atoms with Crippen molar-refractivity contribution in [2.45, 2.75) is 19.9 Å². The molecule has 1 N–H and O–H groups in total. The molecule has 0 bridgehead atoms. The molecule has 1 heterocycles. The molecular formula is C16H20N2O2.